The van der Waals surface area contributed by atoms with Crippen molar-refractivity contribution in [1.82, 2.24) is 4.90 Å². The molecule has 1 fully saturated rings. The van der Waals surface area contributed by atoms with Crippen LogP contribution >= 0.6 is 11.6 Å². The average Bonchev–Trinajstić information content (AvgIpc) is 2.35. The first kappa shape index (κ1) is 13.1. The van der Waals surface area contributed by atoms with Gasteiger partial charge >= 0.3 is 0 Å². The molecule has 1 heterocycles. The topological polar surface area (TPSA) is 37.4 Å². The maximum absolute atomic E-state index is 12.4. The molecule has 96 valence electrons. The van der Waals surface area contributed by atoms with Gasteiger partial charge in [-0.3, -0.25) is 9.59 Å². The van der Waals surface area contributed by atoms with Gasteiger partial charge in [-0.05, 0) is 18.6 Å². The van der Waals surface area contributed by atoms with Gasteiger partial charge in [-0.2, -0.15) is 0 Å². The summed E-state index contributed by atoms with van der Waals surface area (Å²) >= 11 is 6.16. The third-order valence-electron chi connectivity index (χ3n) is 3.38. The quantitative estimate of drug-likeness (QED) is 0.783. The zero-order valence-corrected chi connectivity index (χ0v) is 11.3. The van der Waals surface area contributed by atoms with E-state index >= 15 is 0 Å². The molecule has 0 spiro atoms. The highest BCUT2D eigenvalue weighted by atomic mass is 35.5. The fourth-order valence-corrected chi connectivity index (χ4v) is 2.39. The molecule has 0 radical (unpaired) electrons. The number of carbonyl (C=O) groups is 2. The SMILES string of the molecule is Cc1cccc(C(=O)N2CCC(=O)C(C)C2)c1Cl. The molecule has 0 N–H and O–H groups in total. The summed E-state index contributed by atoms with van der Waals surface area (Å²) in [6.45, 7) is 4.72. The van der Waals surface area contributed by atoms with Crippen LogP contribution in [0.25, 0.3) is 0 Å². The molecule has 3 nitrogen and oxygen atoms in total. The molecule has 1 aromatic rings. The lowest BCUT2D eigenvalue weighted by Crippen LogP contribution is -2.43. The Kier molecular flexibility index (Phi) is 3.71. The summed E-state index contributed by atoms with van der Waals surface area (Å²) in [6.07, 6.45) is 0.441. The molecule has 1 unspecified atom stereocenters. The van der Waals surface area contributed by atoms with Gasteiger partial charge in [-0.1, -0.05) is 30.7 Å². The van der Waals surface area contributed by atoms with Crippen LogP contribution in [-0.4, -0.2) is 29.7 Å². The molecule has 1 aliphatic heterocycles. The molecule has 0 aromatic heterocycles. The van der Waals surface area contributed by atoms with Crippen molar-refractivity contribution in [2.45, 2.75) is 20.3 Å². The normalized spacial score (nSPS) is 20.1. The first-order valence-corrected chi connectivity index (χ1v) is 6.45. The largest absolute Gasteiger partial charge is 0.337 e. The van der Waals surface area contributed by atoms with Gasteiger partial charge in [-0.15, -0.1) is 0 Å². The monoisotopic (exact) mass is 265 g/mol. The van der Waals surface area contributed by atoms with Crippen molar-refractivity contribution in [3.8, 4) is 0 Å². The van der Waals surface area contributed by atoms with E-state index in [0.29, 0.717) is 30.1 Å². The maximum atomic E-state index is 12.4. The maximum Gasteiger partial charge on any atom is 0.255 e. The second-order valence-corrected chi connectivity index (χ2v) is 5.18. The second-order valence-electron chi connectivity index (χ2n) is 4.80. The summed E-state index contributed by atoms with van der Waals surface area (Å²) in [7, 11) is 0. The third-order valence-corrected chi connectivity index (χ3v) is 3.88. The number of carbonyl (C=O) groups excluding carboxylic acids is 2. The van der Waals surface area contributed by atoms with Crippen molar-refractivity contribution in [2.75, 3.05) is 13.1 Å². The van der Waals surface area contributed by atoms with Crippen molar-refractivity contribution < 1.29 is 9.59 Å². The Morgan fingerprint density at radius 2 is 2.17 bits per heavy atom. The van der Waals surface area contributed by atoms with Crippen LogP contribution in [0, 0.1) is 12.8 Å². The van der Waals surface area contributed by atoms with E-state index in [9.17, 15) is 9.59 Å². The highest BCUT2D eigenvalue weighted by Crippen LogP contribution is 2.23. The molecule has 1 saturated heterocycles. The average molecular weight is 266 g/mol. The number of benzene rings is 1. The molecule has 1 atom stereocenters. The molecule has 1 amide bonds. The molecule has 2 rings (SSSR count). The van der Waals surface area contributed by atoms with Crippen LogP contribution in [0.4, 0.5) is 0 Å². The Balaban J connectivity index is 2.22. The van der Waals surface area contributed by atoms with Crippen LogP contribution in [0.5, 0.6) is 0 Å². The van der Waals surface area contributed by atoms with Crippen molar-refractivity contribution in [2.24, 2.45) is 5.92 Å². The number of hydrogen-bond donors (Lipinski definition) is 0. The molecule has 1 aromatic carbocycles. The van der Waals surface area contributed by atoms with Crippen LogP contribution in [-0.2, 0) is 4.79 Å². The number of ketones is 1. The Hall–Kier alpha value is -1.35. The highest BCUT2D eigenvalue weighted by Gasteiger charge is 2.28. The number of rotatable bonds is 1. The standard InChI is InChI=1S/C14H16ClNO2/c1-9-4-3-5-11(13(9)15)14(18)16-7-6-12(17)10(2)8-16/h3-5,10H,6-8H2,1-2H3. The summed E-state index contributed by atoms with van der Waals surface area (Å²) < 4.78 is 0. The minimum Gasteiger partial charge on any atom is -0.337 e. The lowest BCUT2D eigenvalue weighted by atomic mass is 9.98. The fraction of sp³-hybridized carbons (Fsp3) is 0.429. The first-order valence-electron chi connectivity index (χ1n) is 6.08. The van der Waals surface area contributed by atoms with E-state index in [0.717, 1.165) is 5.56 Å². The molecule has 0 saturated carbocycles. The van der Waals surface area contributed by atoms with Crippen molar-refractivity contribution in [3.63, 3.8) is 0 Å². The molecule has 4 heteroatoms. The third kappa shape index (κ3) is 2.41. The van der Waals surface area contributed by atoms with Crippen LogP contribution in [0.2, 0.25) is 5.02 Å². The van der Waals surface area contributed by atoms with E-state index in [1.807, 2.05) is 26.0 Å². The fourth-order valence-electron chi connectivity index (χ4n) is 2.18. The van der Waals surface area contributed by atoms with E-state index in [4.69, 9.17) is 11.6 Å². The van der Waals surface area contributed by atoms with Crippen LogP contribution in [0.1, 0.15) is 29.3 Å². The Labute approximate surface area is 112 Å². The van der Waals surface area contributed by atoms with Gasteiger partial charge in [-0.25, -0.2) is 0 Å². The van der Waals surface area contributed by atoms with E-state index in [2.05, 4.69) is 0 Å². The number of piperidine rings is 1. The Morgan fingerprint density at radius 1 is 1.44 bits per heavy atom. The number of likely N-dealkylation sites (tertiary alicyclic amines) is 1. The van der Waals surface area contributed by atoms with E-state index in [-0.39, 0.29) is 17.6 Å². The number of halogens is 1. The van der Waals surface area contributed by atoms with Crippen LogP contribution in [0.3, 0.4) is 0 Å². The number of Topliss-reactive ketones (excluding diaryl/α,β-unsaturated/α-hetero) is 1. The summed E-state index contributed by atoms with van der Waals surface area (Å²) in [5, 5.41) is 0.507. The summed E-state index contributed by atoms with van der Waals surface area (Å²) in [5.74, 6) is 0.0729. The molecule has 18 heavy (non-hydrogen) atoms. The van der Waals surface area contributed by atoms with E-state index in [1.165, 1.54) is 0 Å². The molecular formula is C14H16ClNO2. The minimum atomic E-state index is -0.0805. The highest BCUT2D eigenvalue weighted by molar-refractivity contribution is 6.34. The van der Waals surface area contributed by atoms with Gasteiger partial charge in [0.2, 0.25) is 0 Å². The minimum absolute atomic E-state index is 0.0775. The molecule has 0 bridgehead atoms. The number of amides is 1. The van der Waals surface area contributed by atoms with Gasteiger partial charge in [0.25, 0.3) is 5.91 Å². The predicted octanol–water partition coefficient (Wildman–Crippen LogP) is 2.70. The van der Waals surface area contributed by atoms with Crippen LogP contribution < -0.4 is 0 Å². The lowest BCUT2D eigenvalue weighted by molar-refractivity contribution is -0.124. The first-order chi connectivity index (χ1) is 8.50. The van der Waals surface area contributed by atoms with E-state index < -0.39 is 0 Å². The molecule has 0 aliphatic carbocycles. The summed E-state index contributed by atoms with van der Waals surface area (Å²) in [4.78, 5) is 25.5. The Bertz CT molecular complexity index is 499. The van der Waals surface area contributed by atoms with Crippen molar-refractivity contribution in [3.05, 3.63) is 34.3 Å². The number of nitrogens with zero attached hydrogens (tertiary/aromatic N) is 1. The predicted molar refractivity (Wildman–Crippen MR) is 70.9 cm³/mol. The van der Waals surface area contributed by atoms with Gasteiger partial charge in [0, 0.05) is 25.4 Å². The van der Waals surface area contributed by atoms with Gasteiger partial charge in [0.05, 0.1) is 10.6 Å². The van der Waals surface area contributed by atoms with Gasteiger partial charge in [0.15, 0.2) is 0 Å². The number of hydrogen-bond acceptors (Lipinski definition) is 2. The lowest BCUT2D eigenvalue weighted by Gasteiger charge is -2.30. The summed E-state index contributed by atoms with van der Waals surface area (Å²) in [5.41, 5.74) is 1.42. The molecular weight excluding hydrogens is 250 g/mol. The van der Waals surface area contributed by atoms with E-state index in [1.54, 1.807) is 11.0 Å². The summed E-state index contributed by atoms with van der Waals surface area (Å²) in [6, 6.07) is 5.44. The second kappa shape index (κ2) is 5.11. The van der Waals surface area contributed by atoms with Crippen LogP contribution in [0.15, 0.2) is 18.2 Å². The smallest absolute Gasteiger partial charge is 0.255 e. The zero-order chi connectivity index (χ0) is 13.3. The Morgan fingerprint density at radius 3 is 2.83 bits per heavy atom. The number of aryl methyl sites for hydroxylation is 1. The zero-order valence-electron chi connectivity index (χ0n) is 10.6. The van der Waals surface area contributed by atoms with Crippen molar-refractivity contribution >= 4 is 23.3 Å². The van der Waals surface area contributed by atoms with Gasteiger partial charge in [0.1, 0.15) is 5.78 Å². The van der Waals surface area contributed by atoms with Gasteiger partial charge < -0.3 is 4.90 Å². The molecule has 1 aliphatic rings. The van der Waals surface area contributed by atoms with Crippen molar-refractivity contribution in [1.29, 1.82) is 0 Å².